The van der Waals surface area contributed by atoms with E-state index in [-0.39, 0.29) is 17.0 Å². The van der Waals surface area contributed by atoms with Crippen LogP contribution < -0.4 is 5.32 Å². The molecule has 86 valence electrons. The molecule has 0 heterocycles. The topological polar surface area (TPSA) is 49.3 Å². The fourth-order valence-electron chi connectivity index (χ4n) is 1.56. The Kier molecular flexibility index (Phi) is 3.34. The van der Waals surface area contributed by atoms with Crippen molar-refractivity contribution in [3.05, 3.63) is 29.8 Å². The SMILES string of the molecule is O=C(NCC(Cl)C1CC1)c1cccc(O)c1. The average molecular weight is 240 g/mol. The van der Waals surface area contributed by atoms with E-state index in [4.69, 9.17) is 11.6 Å². The van der Waals surface area contributed by atoms with Crippen LogP contribution in [0.4, 0.5) is 0 Å². The Labute approximate surface area is 99.4 Å². The molecule has 1 aliphatic rings. The van der Waals surface area contributed by atoms with Crippen LogP contribution in [0.15, 0.2) is 24.3 Å². The lowest BCUT2D eigenvalue weighted by Crippen LogP contribution is -2.30. The lowest BCUT2D eigenvalue weighted by atomic mass is 10.2. The number of aromatic hydroxyl groups is 1. The molecule has 1 amide bonds. The summed E-state index contributed by atoms with van der Waals surface area (Å²) >= 11 is 6.08. The van der Waals surface area contributed by atoms with Gasteiger partial charge in [0.15, 0.2) is 0 Å². The molecule has 0 radical (unpaired) electrons. The monoisotopic (exact) mass is 239 g/mol. The van der Waals surface area contributed by atoms with Crippen molar-refractivity contribution in [3.63, 3.8) is 0 Å². The summed E-state index contributed by atoms with van der Waals surface area (Å²) in [5, 5.41) is 12.0. The van der Waals surface area contributed by atoms with Gasteiger partial charge in [-0.05, 0) is 37.0 Å². The number of carbonyl (C=O) groups excluding carboxylic acids is 1. The number of alkyl halides is 1. The van der Waals surface area contributed by atoms with Gasteiger partial charge in [-0.1, -0.05) is 6.07 Å². The van der Waals surface area contributed by atoms with Gasteiger partial charge < -0.3 is 10.4 Å². The average Bonchev–Trinajstić information content (AvgIpc) is 3.09. The van der Waals surface area contributed by atoms with Crippen molar-refractivity contribution in [3.8, 4) is 5.75 Å². The zero-order valence-corrected chi connectivity index (χ0v) is 9.57. The number of amides is 1. The summed E-state index contributed by atoms with van der Waals surface area (Å²) in [6, 6.07) is 6.28. The Morgan fingerprint density at radius 3 is 2.94 bits per heavy atom. The zero-order valence-electron chi connectivity index (χ0n) is 8.82. The molecule has 1 unspecified atom stereocenters. The number of benzene rings is 1. The third-order valence-electron chi connectivity index (χ3n) is 2.70. The predicted octanol–water partition coefficient (Wildman–Crippen LogP) is 2.14. The maximum absolute atomic E-state index is 11.7. The molecule has 0 aromatic heterocycles. The first-order chi connectivity index (χ1) is 7.66. The van der Waals surface area contributed by atoms with E-state index in [0.29, 0.717) is 18.0 Å². The van der Waals surface area contributed by atoms with Gasteiger partial charge in [0.1, 0.15) is 5.75 Å². The Morgan fingerprint density at radius 1 is 1.56 bits per heavy atom. The molecular weight excluding hydrogens is 226 g/mol. The predicted molar refractivity (Wildman–Crippen MR) is 62.8 cm³/mol. The number of nitrogens with one attached hydrogen (secondary N) is 1. The van der Waals surface area contributed by atoms with Crippen LogP contribution >= 0.6 is 11.6 Å². The van der Waals surface area contributed by atoms with E-state index in [2.05, 4.69) is 5.32 Å². The van der Waals surface area contributed by atoms with Crippen molar-refractivity contribution in [2.75, 3.05) is 6.54 Å². The number of hydrogen-bond acceptors (Lipinski definition) is 2. The van der Waals surface area contributed by atoms with Crippen LogP contribution in [0.3, 0.4) is 0 Å². The normalized spacial score (nSPS) is 16.8. The minimum absolute atomic E-state index is 0.0289. The van der Waals surface area contributed by atoms with E-state index >= 15 is 0 Å². The lowest BCUT2D eigenvalue weighted by Gasteiger charge is -2.09. The third kappa shape index (κ3) is 2.89. The second-order valence-electron chi connectivity index (χ2n) is 4.11. The summed E-state index contributed by atoms with van der Waals surface area (Å²) in [4.78, 5) is 11.7. The lowest BCUT2D eigenvalue weighted by molar-refractivity contribution is 0.0952. The summed E-state index contributed by atoms with van der Waals surface area (Å²) in [6.45, 7) is 0.487. The summed E-state index contributed by atoms with van der Waals surface area (Å²) < 4.78 is 0. The second-order valence-corrected chi connectivity index (χ2v) is 4.67. The summed E-state index contributed by atoms with van der Waals surface area (Å²) in [5.74, 6) is 0.464. The van der Waals surface area contributed by atoms with Gasteiger partial charge in [-0.2, -0.15) is 0 Å². The van der Waals surface area contributed by atoms with E-state index in [1.807, 2.05) is 0 Å². The van der Waals surface area contributed by atoms with Gasteiger partial charge >= 0.3 is 0 Å². The van der Waals surface area contributed by atoms with Crippen molar-refractivity contribution in [1.82, 2.24) is 5.32 Å². The molecule has 2 N–H and O–H groups in total. The molecule has 1 fully saturated rings. The van der Waals surface area contributed by atoms with Crippen molar-refractivity contribution in [2.45, 2.75) is 18.2 Å². The zero-order chi connectivity index (χ0) is 11.5. The number of carbonyl (C=O) groups is 1. The van der Waals surface area contributed by atoms with Gasteiger partial charge in [0.05, 0.1) is 5.38 Å². The van der Waals surface area contributed by atoms with E-state index in [1.165, 1.54) is 12.1 Å². The minimum atomic E-state index is -0.192. The highest BCUT2D eigenvalue weighted by Crippen LogP contribution is 2.35. The molecule has 0 bridgehead atoms. The van der Waals surface area contributed by atoms with Crippen LogP contribution in [-0.4, -0.2) is 22.9 Å². The molecular formula is C12H14ClNO2. The Bertz CT molecular complexity index is 390. The van der Waals surface area contributed by atoms with Crippen molar-refractivity contribution in [1.29, 1.82) is 0 Å². The maximum Gasteiger partial charge on any atom is 0.251 e. The van der Waals surface area contributed by atoms with Gasteiger partial charge in [-0.25, -0.2) is 0 Å². The minimum Gasteiger partial charge on any atom is -0.508 e. The molecule has 1 aromatic rings. The van der Waals surface area contributed by atoms with Gasteiger partial charge in [0, 0.05) is 12.1 Å². The molecule has 1 aromatic carbocycles. The van der Waals surface area contributed by atoms with Gasteiger partial charge in [0.2, 0.25) is 0 Å². The summed E-state index contributed by atoms with van der Waals surface area (Å²) in [7, 11) is 0. The molecule has 2 rings (SSSR count). The van der Waals surface area contributed by atoms with Crippen LogP contribution in [-0.2, 0) is 0 Å². The van der Waals surface area contributed by atoms with E-state index in [0.717, 1.165) is 12.8 Å². The van der Waals surface area contributed by atoms with E-state index in [9.17, 15) is 9.90 Å². The molecule has 0 saturated heterocycles. The molecule has 16 heavy (non-hydrogen) atoms. The molecule has 1 aliphatic carbocycles. The first kappa shape index (κ1) is 11.3. The fourth-order valence-corrected chi connectivity index (χ4v) is 1.89. The molecule has 3 nitrogen and oxygen atoms in total. The third-order valence-corrected chi connectivity index (χ3v) is 3.21. The maximum atomic E-state index is 11.7. The van der Waals surface area contributed by atoms with Crippen molar-refractivity contribution < 1.29 is 9.90 Å². The first-order valence-electron chi connectivity index (χ1n) is 5.38. The molecule has 1 saturated carbocycles. The highest BCUT2D eigenvalue weighted by molar-refractivity contribution is 6.21. The summed E-state index contributed by atoms with van der Waals surface area (Å²) in [6.07, 6.45) is 2.33. The Morgan fingerprint density at radius 2 is 2.31 bits per heavy atom. The number of phenols is 1. The van der Waals surface area contributed by atoms with Crippen molar-refractivity contribution >= 4 is 17.5 Å². The molecule has 4 heteroatoms. The van der Waals surface area contributed by atoms with Crippen LogP contribution in [0.25, 0.3) is 0 Å². The molecule has 1 atom stereocenters. The van der Waals surface area contributed by atoms with Gasteiger partial charge in [-0.3, -0.25) is 4.79 Å². The van der Waals surface area contributed by atoms with Crippen LogP contribution in [0.5, 0.6) is 5.75 Å². The van der Waals surface area contributed by atoms with Crippen molar-refractivity contribution in [2.24, 2.45) is 5.92 Å². The quantitative estimate of drug-likeness (QED) is 0.791. The van der Waals surface area contributed by atoms with Gasteiger partial charge in [0.25, 0.3) is 5.91 Å². The smallest absolute Gasteiger partial charge is 0.251 e. The first-order valence-corrected chi connectivity index (χ1v) is 5.82. The standard InChI is InChI=1S/C12H14ClNO2/c13-11(8-4-5-8)7-14-12(16)9-2-1-3-10(15)6-9/h1-3,6,8,11,15H,4-5,7H2,(H,14,16). The van der Waals surface area contributed by atoms with E-state index in [1.54, 1.807) is 12.1 Å². The second kappa shape index (κ2) is 4.74. The number of phenolic OH excluding ortho intramolecular Hbond substituents is 1. The van der Waals surface area contributed by atoms with E-state index < -0.39 is 0 Å². The molecule has 0 spiro atoms. The Balaban J connectivity index is 1.87. The highest BCUT2D eigenvalue weighted by atomic mass is 35.5. The largest absolute Gasteiger partial charge is 0.508 e. The van der Waals surface area contributed by atoms with Gasteiger partial charge in [-0.15, -0.1) is 11.6 Å². The van der Waals surface area contributed by atoms with Crippen LogP contribution in [0, 0.1) is 5.92 Å². The van der Waals surface area contributed by atoms with Crippen LogP contribution in [0.1, 0.15) is 23.2 Å². The number of hydrogen-bond donors (Lipinski definition) is 2. The number of rotatable bonds is 4. The highest BCUT2D eigenvalue weighted by Gasteiger charge is 2.29. The molecule has 0 aliphatic heterocycles. The summed E-state index contributed by atoms with van der Waals surface area (Å²) in [5.41, 5.74) is 0.458. The fraction of sp³-hybridized carbons (Fsp3) is 0.417. The number of halogens is 1. The Hall–Kier alpha value is -1.22. The van der Waals surface area contributed by atoms with Crippen LogP contribution in [0.2, 0.25) is 0 Å².